The molecular weight excluding hydrogens is 288 g/mol. The smallest absolute Gasteiger partial charge is 0.147 e. The lowest BCUT2D eigenvalue weighted by atomic mass is 10.2. The molecule has 0 radical (unpaired) electrons. The average Bonchev–Trinajstić information content (AvgIpc) is 2.94. The van der Waals surface area contributed by atoms with Crippen molar-refractivity contribution in [2.24, 2.45) is 5.73 Å². The highest BCUT2D eigenvalue weighted by molar-refractivity contribution is 7.99. The van der Waals surface area contributed by atoms with Crippen LogP contribution in [0.4, 0.5) is 0 Å². The van der Waals surface area contributed by atoms with E-state index >= 15 is 0 Å². The highest BCUT2D eigenvalue weighted by atomic mass is 32.2. The number of hydrogen-bond donors (Lipinski definition) is 1. The molecule has 1 aliphatic heterocycles. The highest BCUT2D eigenvalue weighted by Crippen LogP contribution is 2.41. The van der Waals surface area contributed by atoms with Crippen molar-refractivity contribution < 1.29 is 8.42 Å². The lowest BCUT2D eigenvalue weighted by Crippen LogP contribution is -2.16. The normalized spacial score (nSPS) is 22.2. The Labute approximate surface area is 116 Å². The Kier molecular flexibility index (Phi) is 4.69. The first-order valence-corrected chi connectivity index (χ1v) is 9.95. The topological polar surface area (TPSA) is 73.0 Å². The maximum Gasteiger partial charge on any atom is 0.147 e. The van der Waals surface area contributed by atoms with Gasteiger partial charge in [-0.2, -0.15) is 11.8 Å². The zero-order chi connectivity index (χ0) is 13.2. The Balaban J connectivity index is 1.96. The summed E-state index contributed by atoms with van der Waals surface area (Å²) in [4.78, 5) is 4.57. The van der Waals surface area contributed by atoms with Crippen LogP contribution in [0.15, 0.2) is 5.38 Å². The number of nitrogens with zero attached hydrogens (tertiary/aromatic N) is 1. The van der Waals surface area contributed by atoms with Crippen LogP contribution in [-0.2, 0) is 9.84 Å². The van der Waals surface area contributed by atoms with E-state index in [1.165, 1.54) is 24.9 Å². The Bertz CT molecular complexity index is 492. The van der Waals surface area contributed by atoms with Crippen LogP contribution in [0, 0.1) is 0 Å². The van der Waals surface area contributed by atoms with Crippen LogP contribution in [-0.4, -0.2) is 31.2 Å². The molecule has 1 fully saturated rings. The van der Waals surface area contributed by atoms with Gasteiger partial charge in [0.25, 0.3) is 0 Å². The molecule has 4 nitrogen and oxygen atoms in total. The number of thiazole rings is 1. The van der Waals surface area contributed by atoms with E-state index in [-0.39, 0.29) is 11.8 Å². The molecule has 2 rings (SSSR count). The molecule has 0 saturated carbocycles. The standard InChI is InChI=1S/C11H18N2O2S3/c1-18(14,15)6-4-8(12)9-7-17-11(13-9)10-3-2-5-16-10/h7-8,10H,2-6,12H2,1H3. The molecule has 1 aromatic heterocycles. The molecule has 0 aromatic carbocycles. The van der Waals surface area contributed by atoms with Gasteiger partial charge in [0.1, 0.15) is 14.8 Å². The van der Waals surface area contributed by atoms with E-state index < -0.39 is 9.84 Å². The second kappa shape index (κ2) is 5.90. The van der Waals surface area contributed by atoms with E-state index in [4.69, 9.17) is 5.73 Å². The van der Waals surface area contributed by atoms with Crippen LogP contribution < -0.4 is 5.73 Å². The summed E-state index contributed by atoms with van der Waals surface area (Å²) in [5.74, 6) is 1.33. The summed E-state index contributed by atoms with van der Waals surface area (Å²) in [6.07, 6.45) is 4.13. The molecule has 1 aliphatic rings. The molecule has 7 heteroatoms. The molecule has 18 heavy (non-hydrogen) atoms. The third-order valence-electron chi connectivity index (χ3n) is 2.92. The SMILES string of the molecule is CS(=O)(=O)CCC(N)c1csc(C2CCCS2)n1. The second-order valence-corrected chi connectivity index (χ2v) is 9.10. The number of sulfone groups is 1. The Morgan fingerprint density at radius 1 is 1.61 bits per heavy atom. The zero-order valence-electron chi connectivity index (χ0n) is 10.3. The van der Waals surface area contributed by atoms with Crippen molar-refractivity contribution in [3.8, 4) is 0 Å². The summed E-state index contributed by atoms with van der Waals surface area (Å²) in [7, 11) is -2.94. The summed E-state index contributed by atoms with van der Waals surface area (Å²) in [6, 6.07) is -0.267. The quantitative estimate of drug-likeness (QED) is 0.902. The first kappa shape index (κ1) is 14.3. The molecule has 102 valence electrons. The van der Waals surface area contributed by atoms with Crippen LogP contribution in [0.1, 0.15) is 41.3 Å². The van der Waals surface area contributed by atoms with Crippen molar-refractivity contribution in [3.05, 3.63) is 16.1 Å². The van der Waals surface area contributed by atoms with Gasteiger partial charge in [-0.1, -0.05) is 0 Å². The summed E-state index contributed by atoms with van der Waals surface area (Å²) in [5.41, 5.74) is 6.83. The molecule has 0 spiro atoms. The first-order chi connectivity index (χ1) is 8.46. The van der Waals surface area contributed by atoms with Gasteiger partial charge in [-0.25, -0.2) is 13.4 Å². The van der Waals surface area contributed by atoms with Crippen LogP contribution in [0.5, 0.6) is 0 Å². The van der Waals surface area contributed by atoms with E-state index in [9.17, 15) is 8.42 Å². The molecule has 1 aromatic rings. The fourth-order valence-corrected chi connectivity index (χ4v) is 4.98. The Morgan fingerprint density at radius 3 is 3.00 bits per heavy atom. The van der Waals surface area contributed by atoms with Crippen molar-refractivity contribution in [2.75, 3.05) is 17.8 Å². The van der Waals surface area contributed by atoms with Crippen molar-refractivity contribution in [1.29, 1.82) is 0 Å². The molecule has 2 N–H and O–H groups in total. The number of thioether (sulfide) groups is 1. The summed E-state index contributed by atoms with van der Waals surface area (Å²) >= 11 is 3.60. The minimum absolute atomic E-state index is 0.124. The number of nitrogens with two attached hydrogens (primary N) is 1. The van der Waals surface area contributed by atoms with Gasteiger partial charge in [0.05, 0.1) is 16.7 Å². The monoisotopic (exact) mass is 306 g/mol. The van der Waals surface area contributed by atoms with Gasteiger partial charge in [0.15, 0.2) is 0 Å². The van der Waals surface area contributed by atoms with E-state index in [0.717, 1.165) is 10.7 Å². The molecule has 0 aliphatic carbocycles. The second-order valence-electron chi connectivity index (χ2n) is 4.64. The van der Waals surface area contributed by atoms with Gasteiger partial charge in [-0.3, -0.25) is 0 Å². The molecular formula is C11H18N2O2S3. The van der Waals surface area contributed by atoms with Crippen molar-refractivity contribution in [2.45, 2.75) is 30.6 Å². The predicted octanol–water partition coefficient (Wildman–Crippen LogP) is 2.15. The molecule has 1 saturated heterocycles. The first-order valence-electron chi connectivity index (χ1n) is 5.96. The van der Waals surface area contributed by atoms with E-state index in [1.807, 2.05) is 17.1 Å². The van der Waals surface area contributed by atoms with Crippen LogP contribution in [0.3, 0.4) is 0 Å². The van der Waals surface area contributed by atoms with Gasteiger partial charge in [-0.15, -0.1) is 11.3 Å². The van der Waals surface area contributed by atoms with Crippen molar-refractivity contribution in [1.82, 2.24) is 4.98 Å². The minimum atomic E-state index is -2.94. The van der Waals surface area contributed by atoms with E-state index in [1.54, 1.807) is 11.3 Å². The number of hydrogen-bond acceptors (Lipinski definition) is 6. The largest absolute Gasteiger partial charge is 0.323 e. The maximum atomic E-state index is 11.1. The van der Waals surface area contributed by atoms with E-state index in [2.05, 4.69) is 4.98 Å². The average molecular weight is 306 g/mol. The van der Waals surface area contributed by atoms with Gasteiger partial charge in [0, 0.05) is 17.7 Å². The predicted molar refractivity (Wildman–Crippen MR) is 77.8 cm³/mol. The summed E-state index contributed by atoms with van der Waals surface area (Å²) in [6.45, 7) is 0. The van der Waals surface area contributed by atoms with Crippen LogP contribution >= 0.6 is 23.1 Å². The fraction of sp³-hybridized carbons (Fsp3) is 0.727. The minimum Gasteiger partial charge on any atom is -0.323 e. The third kappa shape index (κ3) is 3.94. The van der Waals surface area contributed by atoms with Gasteiger partial charge in [-0.05, 0) is 25.0 Å². The summed E-state index contributed by atoms with van der Waals surface area (Å²) in [5, 5.41) is 3.63. The van der Waals surface area contributed by atoms with Crippen LogP contribution in [0.2, 0.25) is 0 Å². The van der Waals surface area contributed by atoms with Gasteiger partial charge >= 0.3 is 0 Å². The van der Waals surface area contributed by atoms with Gasteiger partial charge in [0.2, 0.25) is 0 Å². The molecule has 0 amide bonds. The van der Waals surface area contributed by atoms with E-state index in [0.29, 0.717) is 11.7 Å². The lowest BCUT2D eigenvalue weighted by Gasteiger charge is -2.08. The highest BCUT2D eigenvalue weighted by Gasteiger charge is 2.22. The molecule has 2 atom stereocenters. The molecule has 2 unspecified atom stereocenters. The number of aromatic nitrogens is 1. The van der Waals surface area contributed by atoms with Crippen molar-refractivity contribution in [3.63, 3.8) is 0 Å². The summed E-state index contributed by atoms with van der Waals surface area (Å²) < 4.78 is 22.2. The van der Waals surface area contributed by atoms with Gasteiger partial charge < -0.3 is 5.73 Å². The molecule has 0 bridgehead atoms. The third-order valence-corrected chi connectivity index (χ3v) is 6.41. The number of rotatable bonds is 5. The Morgan fingerprint density at radius 2 is 2.39 bits per heavy atom. The molecule has 2 heterocycles. The van der Waals surface area contributed by atoms with Crippen molar-refractivity contribution >= 4 is 32.9 Å². The maximum absolute atomic E-state index is 11.1. The zero-order valence-corrected chi connectivity index (χ0v) is 12.8. The Hall–Kier alpha value is -0.110. The fourth-order valence-electron chi connectivity index (χ4n) is 1.88. The lowest BCUT2D eigenvalue weighted by molar-refractivity contribution is 0.590. The van der Waals surface area contributed by atoms with Crippen LogP contribution in [0.25, 0.3) is 0 Å².